The molecule has 208 valence electrons. The molecule has 2 aliphatic rings. The average Bonchev–Trinajstić information content (AvgIpc) is 3.71. The Morgan fingerprint density at radius 1 is 1.05 bits per heavy atom. The third-order valence-electron chi connectivity index (χ3n) is 8.21. The number of nitrogens with one attached hydrogen (secondary N) is 1. The van der Waals surface area contributed by atoms with Gasteiger partial charge < -0.3 is 19.5 Å². The molecule has 2 aromatic carbocycles. The highest BCUT2D eigenvalue weighted by Gasteiger charge is 2.28. The van der Waals surface area contributed by atoms with Crippen molar-refractivity contribution in [2.75, 3.05) is 44.6 Å². The van der Waals surface area contributed by atoms with Crippen molar-refractivity contribution < 1.29 is 18.7 Å². The van der Waals surface area contributed by atoms with Crippen LogP contribution in [0.5, 0.6) is 0 Å². The number of piperazine rings is 1. The van der Waals surface area contributed by atoms with E-state index in [9.17, 15) is 14.0 Å². The number of rotatable bonds is 9. The summed E-state index contributed by atoms with van der Waals surface area (Å²) < 4.78 is 21.2. The summed E-state index contributed by atoms with van der Waals surface area (Å²) in [4.78, 5) is 29.5. The SMILES string of the molecule is CCOC(=O)CN1CCN(C(=O)c2cc(NCc3ccc(F)cc3C)c3c(c2)c(C)c(C)n3CC2CC2)CC1. The molecule has 8 heteroatoms. The van der Waals surface area contributed by atoms with Crippen molar-refractivity contribution in [3.05, 3.63) is 64.1 Å². The lowest BCUT2D eigenvalue weighted by molar-refractivity contribution is -0.144. The van der Waals surface area contributed by atoms with E-state index in [2.05, 4.69) is 23.7 Å². The standard InChI is InChI=1S/C31H39FN4O3/c1-5-39-29(37)19-34-10-12-35(13-11-34)31(38)25-15-27-21(3)22(4)36(18-23-6-7-23)30(27)28(16-25)33-17-24-8-9-26(32)14-20(24)2/h8-9,14-16,23,33H,5-7,10-13,17-19H2,1-4H3. The number of carbonyl (C=O) groups is 2. The minimum Gasteiger partial charge on any atom is -0.465 e. The first-order valence-electron chi connectivity index (χ1n) is 14.0. The molecule has 0 unspecified atom stereocenters. The van der Waals surface area contributed by atoms with Crippen LogP contribution in [0.4, 0.5) is 10.1 Å². The minimum atomic E-state index is -0.238. The van der Waals surface area contributed by atoms with Crippen molar-refractivity contribution in [3.8, 4) is 0 Å². The largest absolute Gasteiger partial charge is 0.465 e. The Morgan fingerprint density at radius 3 is 2.46 bits per heavy atom. The van der Waals surface area contributed by atoms with Crippen molar-refractivity contribution in [3.63, 3.8) is 0 Å². The molecule has 1 N–H and O–H groups in total. The van der Waals surface area contributed by atoms with E-state index in [1.165, 1.54) is 30.2 Å². The number of halogens is 1. The zero-order valence-electron chi connectivity index (χ0n) is 23.5. The van der Waals surface area contributed by atoms with Crippen LogP contribution in [-0.4, -0.2) is 65.6 Å². The van der Waals surface area contributed by atoms with E-state index in [0.29, 0.717) is 50.8 Å². The molecule has 7 nitrogen and oxygen atoms in total. The number of anilines is 1. The molecule has 1 aromatic heterocycles. The van der Waals surface area contributed by atoms with Crippen LogP contribution < -0.4 is 5.32 Å². The molecule has 5 rings (SSSR count). The highest BCUT2D eigenvalue weighted by atomic mass is 19.1. The monoisotopic (exact) mass is 534 g/mol. The first-order chi connectivity index (χ1) is 18.7. The Balaban J connectivity index is 1.42. The second-order valence-corrected chi connectivity index (χ2v) is 11.0. The van der Waals surface area contributed by atoms with E-state index in [0.717, 1.165) is 34.3 Å². The highest BCUT2D eigenvalue weighted by Crippen LogP contribution is 2.38. The molecule has 0 radical (unpaired) electrons. The van der Waals surface area contributed by atoms with E-state index in [-0.39, 0.29) is 24.2 Å². The lowest BCUT2D eigenvalue weighted by atomic mass is 10.0. The van der Waals surface area contributed by atoms with Gasteiger partial charge in [-0.15, -0.1) is 0 Å². The molecular weight excluding hydrogens is 495 g/mol. The smallest absolute Gasteiger partial charge is 0.320 e. The Kier molecular flexibility index (Phi) is 7.93. The second kappa shape index (κ2) is 11.4. The first kappa shape index (κ1) is 27.2. The van der Waals surface area contributed by atoms with Crippen molar-refractivity contribution in [2.45, 2.75) is 53.6 Å². The van der Waals surface area contributed by atoms with Crippen LogP contribution in [-0.2, 0) is 22.6 Å². The van der Waals surface area contributed by atoms with Gasteiger partial charge in [0, 0.05) is 55.9 Å². The molecule has 1 aliphatic carbocycles. The zero-order valence-corrected chi connectivity index (χ0v) is 23.5. The van der Waals surface area contributed by atoms with Gasteiger partial charge in [-0.1, -0.05) is 6.07 Å². The van der Waals surface area contributed by atoms with Crippen molar-refractivity contribution in [1.29, 1.82) is 0 Å². The normalized spacial score (nSPS) is 16.1. The van der Waals surface area contributed by atoms with E-state index in [1.54, 1.807) is 13.0 Å². The number of aromatic nitrogens is 1. The number of hydrogen-bond acceptors (Lipinski definition) is 5. The van der Waals surface area contributed by atoms with Gasteiger partial charge in [0.05, 0.1) is 24.4 Å². The van der Waals surface area contributed by atoms with Gasteiger partial charge in [0.2, 0.25) is 0 Å². The summed E-state index contributed by atoms with van der Waals surface area (Å²) in [5.74, 6) is 0.244. The number of amides is 1. The Labute approximate surface area is 229 Å². The van der Waals surface area contributed by atoms with Gasteiger partial charge in [-0.2, -0.15) is 0 Å². The van der Waals surface area contributed by atoms with Gasteiger partial charge >= 0.3 is 5.97 Å². The van der Waals surface area contributed by atoms with Gasteiger partial charge in [-0.05, 0) is 87.4 Å². The van der Waals surface area contributed by atoms with Crippen LogP contribution in [0.15, 0.2) is 30.3 Å². The molecule has 2 heterocycles. The van der Waals surface area contributed by atoms with Crippen molar-refractivity contribution in [1.82, 2.24) is 14.4 Å². The van der Waals surface area contributed by atoms with E-state index in [4.69, 9.17) is 4.74 Å². The number of aryl methyl sites for hydroxylation is 2. The number of fused-ring (bicyclic) bond motifs is 1. The predicted molar refractivity (Wildman–Crippen MR) is 152 cm³/mol. The molecule has 1 saturated heterocycles. The summed E-state index contributed by atoms with van der Waals surface area (Å²) >= 11 is 0. The first-order valence-corrected chi connectivity index (χ1v) is 14.0. The quantitative estimate of drug-likeness (QED) is 0.389. The minimum absolute atomic E-state index is 0.000642. The van der Waals surface area contributed by atoms with Gasteiger partial charge in [0.25, 0.3) is 5.91 Å². The van der Waals surface area contributed by atoms with Gasteiger partial charge in [-0.3, -0.25) is 14.5 Å². The maximum Gasteiger partial charge on any atom is 0.320 e. The summed E-state index contributed by atoms with van der Waals surface area (Å²) in [6.07, 6.45) is 2.52. The second-order valence-electron chi connectivity index (χ2n) is 11.0. The van der Waals surface area contributed by atoms with Crippen molar-refractivity contribution >= 4 is 28.5 Å². The molecule has 1 amide bonds. The average molecular weight is 535 g/mol. The maximum atomic E-state index is 13.7. The maximum absolute atomic E-state index is 13.7. The van der Waals surface area contributed by atoms with E-state index >= 15 is 0 Å². The van der Waals surface area contributed by atoms with Crippen LogP contribution in [0.1, 0.15) is 52.5 Å². The highest BCUT2D eigenvalue weighted by molar-refractivity contribution is 6.04. The molecule has 2 fully saturated rings. The fourth-order valence-electron chi connectivity index (χ4n) is 5.55. The van der Waals surface area contributed by atoms with Crippen LogP contribution >= 0.6 is 0 Å². The van der Waals surface area contributed by atoms with Crippen LogP contribution in [0, 0.1) is 32.5 Å². The molecule has 0 bridgehead atoms. The zero-order chi connectivity index (χ0) is 27.7. The molecule has 0 atom stereocenters. The Bertz CT molecular complexity index is 1390. The molecule has 1 saturated carbocycles. The fraction of sp³-hybridized carbons (Fsp3) is 0.484. The number of ether oxygens (including phenoxy) is 1. The summed E-state index contributed by atoms with van der Waals surface area (Å²) in [5, 5.41) is 4.70. The van der Waals surface area contributed by atoms with Gasteiger partial charge in [0.1, 0.15) is 5.82 Å². The number of benzene rings is 2. The van der Waals surface area contributed by atoms with Crippen LogP contribution in [0.3, 0.4) is 0 Å². The van der Waals surface area contributed by atoms with E-state index in [1.807, 2.05) is 34.9 Å². The Morgan fingerprint density at radius 2 is 1.79 bits per heavy atom. The lowest BCUT2D eigenvalue weighted by Crippen LogP contribution is -2.50. The number of hydrogen-bond donors (Lipinski definition) is 1. The summed E-state index contributed by atoms with van der Waals surface area (Å²) in [7, 11) is 0. The molecular formula is C31H39FN4O3. The Hall–Kier alpha value is -3.39. The number of esters is 1. The van der Waals surface area contributed by atoms with Crippen molar-refractivity contribution in [2.24, 2.45) is 5.92 Å². The molecule has 39 heavy (non-hydrogen) atoms. The lowest BCUT2D eigenvalue weighted by Gasteiger charge is -2.34. The predicted octanol–water partition coefficient (Wildman–Crippen LogP) is 5.05. The molecule has 3 aromatic rings. The summed E-state index contributed by atoms with van der Waals surface area (Å²) in [5.41, 5.74) is 7.06. The summed E-state index contributed by atoms with van der Waals surface area (Å²) in [6, 6.07) is 8.89. The molecule has 1 aliphatic heterocycles. The van der Waals surface area contributed by atoms with Gasteiger partial charge in [-0.25, -0.2) is 4.39 Å². The third kappa shape index (κ3) is 5.96. The fourth-order valence-corrected chi connectivity index (χ4v) is 5.55. The van der Waals surface area contributed by atoms with Gasteiger partial charge in [0.15, 0.2) is 0 Å². The number of nitrogens with zero attached hydrogens (tertiary/aromatic N) is 3. The van der Waals surface area contributed by atoms with Crippen LogP contribution in [0.2, 0.25) is 0 Å². The summed E-state index contributed by atoms with van der Waals surface area (Å²) in [6.45, 7) is 12.6. The third-order valence-corrected chi connectivity index (χ3v) is 8.21. The molecule has 0 spiro atoms. The van der Waals surface area contributed by atoms with Crippen LogP contribution in [0.25, 0.3) is 10.9 Å². The number of carbonyl (C=O) groups excluding carboxylic acids is 2. The topological polar surface area (TPSA) is 66.8 Å². The van der Waals surface area contributed by atoms with E-state index < -0.39 is 0 Å².